The molecule has 0 amide bonds. The summed E-state index contributed by atoms with van der Waals surface area (Å²) < 4.78 is 4.47. The molecule has 0 unspecified atom stereocenters. The molecular formula is C25H43NO3. The van der Waals surface area contributed by atoms with Crippen LogP contribution in [0.1, 0.15) is 104 Å². The maximum absolute atomic E-state index is 10.5. The molecule has 1 N–H and O–H groups in total. The molecule has 4 heteroatoms. The quantitative estimate of drug-likeness (QED) is 0.224. The van der Waals surface area contributed by atoms with Crippen molar-refractivity contribution >= 4 is 5.97 Å². The minimum absolute atomic E-state index is 0.0719. The van der Waals surface area contributed by atoms with Gasteiger partial charge in [-0.15, -0.1) is 0 Å². The molecule has 0 saturated carbocycles. The lowest BCUT2D eigenvalue weighted by Crippen LogP contribution is -2.02. The largest absolute Gasteiger partial charge is 0.481 e. The van der Waals surface area contributed by atoms with Crippen LogP contribution in [0.5, 0.6) is 0 Å². The normalized spacial score (nSPS) is 11.7. The van der Waals surface area contributed by atoms with Gasteiger partial charge in [0.15, 0.2) is 6.39 Å². The third kappa shape index (κ3) is 22.3. The van der Waals surface area contributed by atoms with E-state index in [4.69, 9.17) is 5.11 Å². The Bertz CT molecular complexity index is 501. The molecule has 0 saturated heterocycles. The molecule has 1 aromatic heterocycles. The molecule has 0 aliphatic rings. The third-order valence-electron chi connectivity index (χ3n) is 4.68. The van der Waals surface area contributed by atoms with Crippen LogP contribution in [0, 0.1) is 5.41 Å². The van der Waals surface area contributed by atoms with E-state index in [1.54, 1.807) is 6.20 Å². The summed E-state index contributed by atoms with van der Waals surface area (Å²) in [4.78, 5) is 14.0. The monoisotopic (exact) mass is 405 g/mol. The highest BCUT2D eigenvalue weighted by Gasteiger charge is 2.07. The van der Waals surface area contributed by atoms with Crippen molar-refractivity contribution in [2.45, 2.75) is 104 Å². The maximum atomic E-state index is 10.5. The predicted octanol–water partition coefficient (Wildman–Crippen LogP) is 7.98. The van der Waals surface area contributed by atoms with E-state index in [0.717, 1.165) is 12.8 Å². The molecule has 0 fully saturated rings. The summed E-state index contributed by atoms with van der Waals surface area (Å²) in [5.41, 5.74) is 0.0719. The summed E-state index contributed by atoms with van der Waals surface area (Å²) in [5, 5.41) is 8.61. The highest BCUT2D eigenvalue weighted by Crippen LogP contribution is 2.20. The Morgan fingerprint density at radius 3 is 1.93 bits per heavy atom. The first-order valence-corrected chi connectivity index (χ1v) is 11.4. The molecule has 0 bridgehead atoms. The van der Waals surface area contributed by atoms with Crippen LogP contribution in [0.2, 0.25) is 0 Å². The number of oxazole rings is 1. The summed E-state index contributed by atoms with van der Waals surface area (Å²) in [7, 11) is 0. The molecule has 0 aliphatic heterocycles. The second kappa shape index (κ2) is 19.5. The number of carbonyl (C=O) groups is 1. The van der Waals surface area contributed by atoms with Crippen molar-refractivity contribution < 1.29 is 14.3 Å². The Morgan fingerprint density at radius 2 is 1.48 bits per heavy atom. The summed E-state index contributed by atoms with van der Waals surface area (Å²) in [6, 6.07) is 0. The van der Waals surface area contributed by atoms with Crippen LogP contribution in [-0.2, 0) is 4.79 Å². The lowest BCUT2D eigenvalue weighted by molar-refractivity contribution is -0.137. The zero-order chi connectivity index (χ0) is 21.6. The van der Waals surface area contributed by atoms with Gasteiger partial charge in [-0.1, -0.05) is 96.4 Å². The van der Waals surface area contributed by atoms with Crippen molar-refractivity contribution in [2.24, 2.45) is 5.41 Å². The van der Waals surface area contributed by atoms with Gasteiger partial charge in [-0.2, -0.15) is 0 Å². The Morgan fingerprint density at radius 1 is 0.931 bits per heavy atom. The maximum Gasteiger partial charge on any atom is 0.303 e. The van der Waals surface area contributed by atoms with Gasteiger partial charge in [0.25, 0.3) is 0 Å². The van der Waals surface area contributed by atoms with Gasteiger partial charge in [-0.05, 0) is 25.7 Å². The molecule has 166 valence electrons. The number of hydrogen-bond donors (Lipinski definition) is 1. The first-order valence-electron chi connectivity index (χ1n) is 11.4. The van der Waals surface area contributed by atoms with Gasteiger partial charge < -0.3 is 9.52 Å². The van der Waals surface area contributed by atoms with Gasteiger partial charge in [-0.3, -0.25) is 4.79 Å². The Hall–Kier alpha value is -1.84. The van der Waals surface area contributed by atoms with Gasteiger partial charge in [0.2, 0.25) is 0 Å². The molecule has 1 rings (SSSR count). The Kier molecular flexibility index (Phi) is 18.2. The first-order chi connectivity index (χ1) is 14.0. The van der Waals surface area contributed by atoms with Crippen molar-refractivity contribution in [3.05, 3.63) is 43.2 Å². The lowest BCUT2D eigenvalue weighted by Gasteiger charge is -2.14. The third-order valence-corrected chi connectivity index (χ3v) is 4.68. The molecule has 0 aliphatic carbocycles. The Labute approximate surface area is 178 Å². The number of carboxylic acid groups (broad SMARTS) is 1. The molecule has 0 radical (unpaired) electrons. The van der Waals surface area contributed by atoms with Crippen molar-refractivity contribution in [2.75, 3.05) is 0 Å². The molecule has 4 nitrogen and oxygen atoms in total. The molecule has 0 atom stereocenters. The SMILES string of the molecule is CCCCCCCCCCCC=CC(C)(C)C=CCCCC(=O)O.c1cocn1. The van der Waals surface area contributed by atoms with E-state index >= 15 is 0 Å². The molecule has 1 aromatic rings. The average Bonchev–Trinajstić information content (AvgIpc) is 3.25. The van der Waals surface area contributed by atoms with Crippen molar-refractivity contribution in [3.8, 4) is 0 Å². The van der Waals surface area contributed by atoms with Gasteiger partial charge in [0.1, 0.15) is 6.26 Å². The summed E-state index contributed by atoms with van der Waals surface area (Å²) in [6.45, 7) is 6.67. The van der Waals surface area contributed by atoms with Crippen LogP contribution in [0.3, 0.4) is 0 Å². The fourth-order valence-corrected chi connectivity index (χ4v) is 2.95. The van der Waals surface area contributed by atoms with Gasteiger partial charge in [-0.25, -0.2) is 4.98 Å². The number of hydrogen-bond acceptors (Lipinski definition) is 3. The number of carboxylic acids is 1. The van der Waals surface area contributed by atoms with E-state index in [9.17, 15) is 4.79 Å². The molecule has 1 heterocycles. The van der Waals surface area contributed by atoms with E-state index in [1.807, 2.05) is 0 Å². The van der Waals surface area contributed by atoms with Crippen molar-refractivity contribution in [3.63, 3.8) is 0 Å². The zero-order valence-electron chi connectivity index (χ0n) is 18.9. The van der Waals surface area contributed by atoms with E-state index < -0.39 is 5.97 Å². The Balaban J connectivity index is 0.00000135. The molecule has 0 aromatic carbocycles. The number of aliphatic carboxylic acids is 1. The van der Waals surface area contributed by atoms with Crippen LogP contribution in [0.25, 0.3) is 0 Å². The average molecular weight is 406 g/mol. The van der Waals surface area contributed by atoms with Crippen LogP contribution in [0.15, 0.2) is 47.6 Å². The fourth-order valence-electron chi connectivity index (χ4n) is 2.95. The topological polar surface area (TPSA) is 63.3 Å². The first kappa shape index (κ1) is 27.2. The highest BCUT2D eigenvalue weighted by atomic mass is 16.4. The number of allylic oxidation sites excluding steroid dienone is 4. The molecule has 0 spiro atoms. The molecular weight excluding hydrogens is 362 g/mol. The number of aromatic nitrogens is 1. The standard InChI is InChI=1S/C22H40O2.C3H3NO/c1-4-5-6-7-8-9-10-11-12-13-16-19-22(2,3)20-17-14-15-18-21(23)24;1-2-5-3-4-1/h16-17,19-20H,4-15,18H2,1-3H3,(H,23,24);1-3H. The zero-order valence-corrected chi connectivity index (χ0v) is 18.9. The number of nitrogens with zero attached hydrogens (tertiary/aromatic N) is 1. The summed E-state index contributed by atoms with van der Waals surface area (Å²) >= 11 is 0. The van der Waals surface area contributed by atoms with Crippen molar-refractivity contribution in [1.29, 1.82) is 0 Å². The van der Waals surface area contributed by atoms with E-state index in [2.05, 4.69) is 54.5 Å². The summed E-state index contributed by atoms with van der Waals surface area (Å²) in [6.07, 6.45) is 28.8. The lowest BCUT2D eigenvalue weighted by atomic mass is 9.91. The van der Waals surface area contributed by atoms with Gasteiger partial charge in [0.05, 0.1) is 6.20 Å². The highest BCUT2D eigenvalue weighted by molar-refractivity contribution is 5.66. The second-order valence-electron chi connectivity index (χ2n) is 8.20. The van der Waals surface area contributed by atoms with Crippen LogP contribution in [0.4, 0.5) is 0 Å². The second-order valence-corrected chi connectivity index (χ2v) is 8.20. The minimum Gasteiger partial charge on any atom is -0.481 e. The van der Waals surface area contributed by atoms with Crippen molar-refractivity contribution in [1.82, 2.24) is 4.98 Å². The van der Waals surface area contributed by atoms with Gasteiger partial charge in [0, 0.05) is 11.8 Å². The van der Waals surface area contributed by atoms with Crippen LogP contribution < -0.4 is 0 Å². The van der Waals surface area contributed by atoms with Gasteiger partial charge >= 0.3 is 5.97 Å². The molecule has 29 heavy (non-hydrogen) atoms. The van der Waals surface area contributed by atoms with E-state index in [-0.39, 0.29) is 11.8 Å². The van der Waals surface area contributed by atoms with Crippen LogP contribution in [-0.4, -0.2) is 16.1 Å². The predicted molar refractivity (Wildman–Crippen MR) is 122 cm³/mol. The van der Waals surface area contributed by atoms with E-state index in [1.165, 1.54) is 76.9 Å². The van der Waals surface area contributed by atoms with E-state index in [0.29, 0.717) is 0 Å². The van der Waals surface area contributed by atoms with Crippen LogP contribution >= 0.6 is 0 Å². The number of unbranched alkanes of at least 4 members (excludes halogenated alkanes) is 10. The summed E-state index contributed by atoms with van der Waals surface area (Å²) in [5.74, 6) is -0.705. The smallest absolute Gasteiger partial charge is 0.303 e. The minimum atomic E-state index is -0.705. The fraction of sp³-hybridized carbons (Fsp3) is 0.680. The number of rotatable bonds is 16.